The second-order valence-electron chi connectivity index (χ2n) is 5.99. The van der Waals surface area contributed by atoms with Crippen LogP contribution in [0.15, 0.2) is 42.0 Å². The van der Waals surface area contributed by atoms with Gasteiger partial charge in [-0.25, -0.2) is 0 Å². The third-order valence-corrected chi connectivity index (χ3v) is 4.07. The van der Waals surface area contributed by atoms with Crippen molar-refractivity contribution in [2.45, 2.75) is 39.2 Å². The van der Waals surface area contributed by atoms with Crippen LogP contribution in [0.5, 0.6) is 0 Å². The van der Waals surface area contributed by atoms with Crippen LogP contribution >= 0.6 is 0 Å². The lowest BCUT2D eigenvalue weighted by Crippen LogP contribution is -2.50. The minimum atomic E-state index is -0.403. The van der Waals surface area contributed by atoms with E-state index in [0.29, 0.717) is 12.0 Å². The molecule has 0 heterocycles. The Labute approximate surface area is 120 Å². The molecule has 106 valence electrons. The lowest BCUT2D eigenvalue weighted by atomic mass is 9.77. The molecule has 1 unspecified atom stereocenters. The van der Waals surface area contributed by atoms with Gasteiger partial charge in [0.05, 0.1) is 0 Å². The highest BCUT2D eigenvalue weighted by molar-refractivity contribution is 5.96. The van der Waals surface area contributed by atoms with Gasteiger partial charge in [-0.3, -0.25) is 9.59 Å². The molecular formula is C17H21NO2. The minimum Gasteiger partial charge on any atom is -0.347 e. The van der Waals surface area contributed by atoms with E-state index in [2.05, 4.69) is 5.32 Å². The van der Waals surface area contributed by atoms with Crippen molar-refractivity contribution >= 4 is 11.7 Å². The lowest BCUT2D eigenvalue weighted by molar-refractivity contribution is -0.117. The van der Waals surface area contributed by atoms with Crippen LogP contribution in [0.4, 0.5) is 0 Å². The number of benzene rings is 1. The first kappa shape index (κ1) is 14.5. The fourth-order valence-electron chi connectivity index (χ4n) is 2.51. The third-order valence-electron chi connectivity index (χ3n) is 4.07. The number of amides is 1. The number of carbonyl (C=O) groups excluding carboxylic acids is 2. The van der Waals surface area contributed by atoms with Crippen molar-refractivity contribution in [1.29, 1.82) is 0 Å². The van der Waals surface area contributed by atoms with E-state index in [1.54, 1.807) is 12.1 Å². The first-order valence-corrected chi connectivity index (χ1v) is 6.97. The fraction of sp³-hybridized carbons (Fsp3) is 0.412. The predicted molar refractivity (Wildman–Crippen MR) is 79.5 cm³/mol. The molecule has 0 saturated carbocycles. The maximum atomic E-state index is 12.2. The summed E-state index contributed by atoms with van der Waals surface area (Å²) in [4.78, 5) is 24.1. The first-order valence-electron chi connectivity index (χ1n) is 6.97. The summed E-state index contributed by atoms with van der Waals surface area (Å²) in [7, 11) is 0. The maximum Gasteiger partial charge on any atom is 0.251 e. The quantitative estimate of drug-likeness (QED) is 0.918. The SMILES string of the molecule is CC1=CCC(C(C)(C)NC(=O)c2ccccc2)CC1=O. The van der Waals surface area contributed by atoms with Gasteiger partial charge in [-0.05, 0) is 50.8 Å². The third kappa shape index (κ3) is 3.16. The zero-order valence-electron chi connectivity index (χ0n) is 12.3. The van der Waals surface area contributed by atoms with Gasteiger partial charge in [0, 0.05) is 17.5 Å². The molecule has 1 atom stereocenters. The Kier molecular flexibility index (Phi) is 4.07. The average Bonchev–Trinajstić information content (AvgIpc) is 2.42. The molecule has 1 aromatic rings. The molecule has 0 bridgehead atoms. The molecule has 1 aromatic carbocycles. The van der Waals surface area contributed by atoms with E-state index >= 15 is 0 Å². The van der Waals surface area contributed by atoms with Gasteiger partial charge in [0.25, 0.3) is 5.91 Å². The van der Waals surface area contributed by atoms with Gasteiger partial charge in [-0.2, -0.15) is 0 Å². The van der Waals surface area contributed by atoms with Gasteiger partial charge in [0.1, 0.15) is 0 Å². The van der Waals surface area contributed by atoms with Crippen molar-refractivity contribution < 1.29 is 9.59 Å². The zero-order valence-corrected chi connectivity index (χ0v) is 12.3. The van der Waals surface area contributed by atoms with E-state index in [1.165, 1.54) is 0 Å². The van der Waals surface area contributed by atoms with E-state index < -0.39 is 5.54 Å². The molecule has 0 saturated heterocycles. The summed E-state index contributed by atoms with van der Waals surface area (Å²) in [5, 5.41) is 3.06. The summed E-state index contributed by atoms with van der Waals surface area (Å²) in [6, 6.07) is 9.16. The van der Waals surface area contributed by atoms with Gasteiger partial charge in [-0.15, -0.1) is 0 Å². The van der Waals surface area contributed by atoms with Crippen molar-refractivity contribution in [2.75, 3.05) is 0 Å². The number of hydrogen-bond acceptors (Lipinski definition) is 2. The molecule has 1 N–H and O–H groups in total. The highest BCUT2D eigenvalue weighted by atomic mass is 16.2. The van der Waals surface area contributed by atoms with Crippen LogP contribution < -0.4 is 5.32 Å². The first-order chi connectivity index (χ1) is 9.40. The molecule has 0 spiro atoms. The van der Waals surface area contributed by atoms with Crippen molar-refractivity contribution in [3.63, 3.8) is 0 Å². The number of carbonyl (C=O) groups is 2. The van der Waals surface area contributed by atoms with Crippen LogP contribution in [-0.2, 0) is 4.79 Å². The Morgan fingerprint density at radius 3 is 2.50 bits per heavy atom. The van der Waals surface area contributed by atoms with Gasteiger partial charge in [0.2, 0.25) is 0 Å². The van der Waals surface area contributed by atoms with Crippen molar-refractivity contribution in [2.24, 2.45) is 5.92 Å². The normalized spacial score (nSPS) is 19.4. The fourth-order valence-corrected chi connectivity index (χ4v) is 2.51. The monoisotopic (exact) mass is 271 g/mol. The summed E-state index contributed by atoms with van der Waals surface area (Å²) in [6.45, 7) is 5.83. The summed E-state index contributed by atoms with van der Waals surface area (Å²) in [6.07, 6.45) is 3.32. The van der Waals surface area contributed by atoms with Crippen LogP contribution in [0, 0.1) is 5.92 Å². The average molecular weight is 271 g/mol. The van der Waals surface area contributed by atoms with E-state index in [1.807, 2.05) is 45.0 Å². The summed E-state index contributed by atoms with van der Waals surface area (Å²) in [5.74, 6) is 0.240. The lowest BCUT2D eigenvalue weighted by Gasteiger charge is -2.36. The second-order valence-corrected chi connectivity index (χ2v) is 5.99. The largest absolute Gasteiger partial charge is 0.347 e. The van der Waals surface area contributed by atoms with Gasteiger partial charge in [0.15, 0.2) is 5.78 Å². The van der Waals surface area contributed by atoms with Crippen LogP contribution in [0.2, 0.25) is 0 Å². The summed E-state index contributed by atoms with van der Waals surface area (Å²) >= 11 is 0. The Morgan fingerprint density at radius 2 is 1.90 bits per heavy atom. The Morgan fingerprint density at radius 1 is 1.25 bits per heavy atom. The summed E-state index contributed by atoms with van der Waals surface area (Å²) in [5.41, 5.74) is 1.08. The van der Waals surface area contributed by atoms with E-state index in [9.17, 15) is 9.59 Å². The predicted octanol–water partition coefficient (Wildman–Crippen LogP) is 3.12. The Hall–Kier alpha value is -1.90. The Bertz CT molecular complexity index is 543. The Balaban J connectivity index is 2.08. The van der Waals surface area contributed by atoms with Gasteiger partial charge < -0.3 is 5.32 Å². The molecule has 0 aromatic heterocycles. The van der Waals surface area contributed by atoms with E-state index in [0.717, 1.165) is 12.0 Å². The van der Waals surface area contributed by atoms with E-state index in [4.69, 9.17) is 0 Å². The van der Waals surface area contributed by atoms with Crippen LogP contribution in [0.1, 0.15) is 44.0 Å². The number of allylic oxidation sites excluding steroid dienone is 2. The molecule has 1 aliphatic carbocycles. The van der Waals surface area contributed by atoms with Crippen molar-refractivity contribution in [3.05, 3.63) is 47.5 Å². The highest BCUT2D eigenvalue weighted by Crippen LogP contribution is 2.30. The maximum absolute atomic E-state index is 12.2. The van der Waals surface area contributed by atoms with E-state index in [-0.39, 0.29) is 17.6 Å². The minimum absolute atomic E-state index is 0.0886. The molecule has 20 heavy (non-hydrogen) atoms. The van der Waals surface area contributed by atoms with Crippen LogP contribution in [0.25, 0.3) is 0 Å². The number of Topliss-reactive ketones (excluding diaryl/α,β-unsaturated/α-hetero) is 1. The number of nitrogens with one attached hydrogen (secondary N) is 1. The zero-order chi connectivity index (χ0) is 14.8. The second kappa shape index (κ2) is 5.61. The number of ketones is 1. The van der Waals surface area contributed by atoms with Crippen LogP contribution in [0.3, 0.4) is 0 Å². The van der Waals surface area contributed by atoms with Crippen LogP contribution in [-0.4, -0.2) is 17.2 Å². The number of rotatable bonds is 3. The molecule has 0 aliphatic heterocycles. The molecule has 3 heteroatoms. The topological polar surface area (TPSA) is 46.2 Å². The molecule has 1 amide bonds. The molecule has 2 rings (SSSR count). The van der Waals surface area contributed by atoms with Gasteiger partial charge >= 0.3 is 0 Å². The van der Waals surface area contributed by atoms with Gasteiger partial charge in [-0.1, -0.05) is 24.3 Å². The molecule has 0 fully saturated rings. The molecule has 3 nitrogen and oxygen atoms in total. The van der Waals surface area contributed by atoms with Crippen molar-refractivity contribution in [3.8, 4) is 0 Å². The van der Waals surface area contributed by atoms with Crippen molar-refractivity contribution in [1.82, 2.24) is 5.32 Å². The number of hydrogen-bond donors (Lipinski definition) is 1. The molecule has 0 radical (unpaired) electrons. The highest BCUT2D eigenvalue weighted by Gasteiger charge is 2.34. The molecular weight excluding hydrogens is 250 g/mol. The smallest absolute Gasteiger partial charge is 0.251 e. The molecule has 1 aliphatic rings. The summed E-state index contributed by atoms with van der Waals surface area (Å²) < 4.78 is 0. The standard InChI is InChI=1S/C17H21NO2/c1-12-9-10-14(11-15(12)19)17(2,3)18-16(20)13-7-5-4-6-8-13/h4-9,14H,10-11H2,1-3H3,(H,18,20).